The average Bonchev–Trinajstić information content (AvgIpc) is 3.20. The molecule has 8 nitrogen and oxygen atoms in total. The molecule has 0 spiro atoms. The summed E-state index contributed by atoms with van der Waals surface area (Å²) in [5.74, 6) is -0.511. The maximum Gasteiger partial charge on any atom is 0.271 e. The van der Waals surface area contributed by atoms with Crippen LogP contribution in [-0.2, 0) is 4.79 Å². The molecule has 1 aromatic heterocycles. The summed E-state index contributed by atoms with van der Waals surface area (Å²) in [5, 5.41) is 16.7. The van der Waals surface area contributed by atoms with Gasteiger partial charge in [0.1, 0.15) is 0 Å². The number of nitro benzene ring substituents is 1. The Balaban J connectivity index is 1.39. The van der Waals surface area contributed by atoms with E-state index in [2.05, 4.69) is 15.6 Å². The van der Waals surface area contributed by atoms with Crippen LogP contribution in [0.3, 0.4) is 0 Å². The maximum atomic E-state index is 12.5. The molecule has 0 aliphatic rings. The van der Waals surface area contributed by atoms with Crippen LogP contribution < -0.4 is 10.6 Å². The van der Waals surface area contributed by atoms with Gasteiger partial charge in [0.05, 0.1) is 31.5 Å². The van der Waals surface area contributed by atoms with E-state index in [1.807, 2.05) is 6.07 Å². The fourth-order valence-corrected chi connectivity index (χ4v) is 5.04. The smallest absolute Gasteiger partial charge is 0.271 e. The highest BCUT2D eigenvalue weighted by atomic mass is 35.5. The largest absolute Gasteiger partial charge is 0.325 e. The van der Waals surface area contributed by atoms with Gasteiger partial charge in [-0.25, -0.2) is 4.98 Å². The van der Waals surface area contributed by atoms with Crippen molar-refractivity contribution in [1.82, 2.24) is 4.98 Å². The number of nitro groups is 1. The van der Waals surface area contributed by atoms with Gasteiger partial charge >= 0.3 is 0 Å². The summed E-state index contributed by atoms with van der Waals surface area (Å²) >= 11 is 8.74. The molecule has 33 heavy (non-hydrogen) atoms. The Hall–Kier alpha value is -3.47. The van der Waals surface area contributed by atoms with Gasteiger partial charge in [-0.3, -0.25) is 19.7 Å². The van der Waals surface area contributed by atoms with Gasteiger partial charge in [-0.15, -0.1) is 11.3 Å². The van der Waals surface area contributed by atoms with Crippen molar-refractivity contribution in [3.05, 3.63) is 87.4 Å². The number of anilines is 2. The standard InChI is InChI=1S/C22H15ClN4O4S2/c23-17-7-2-1-6-16(17)21(29)25-14-8-9-18-19(11-14)33-22(26-18)32-12-20(28)24-13-4-3-5-15(10-13)27(30)31/h1-11H,12H2,(H,24,28)(H,25,29). The lowest BCUT2D eigenvalue weighted by molar-refractivity contribution is -0.384. The van der Waals surface area contributed by atoms with Gasteiger partial charge in [-0.05, 0) is 36.4 Å². The number of rotatable bonds is 7. The number of nitrogens with one attached hydrogen (secondary N) is 2. The van der Waals surface area contributed by atoms with Gasteiger partial charge in [-0.2, -0.15) is 0 Å². The second-order valence-electron chi connectivity index (χ2n) is 6.74. The molecule has 2 amide bonds. The first kappa shape index (κ1) is 22.7. The van der Waals surface area contributed by atoms with Gasteiger partial charge in [-0.1, -0.05) is 41.6 Å². The first-order valence-corrected chi connectivity index (χ1v) is 11.7. The Morgan fingerprint density at radius 2 is 1.82 bits per heavy atom. The fraction of sp³-hybridized carbons (Fsp3) is 0.0455. The molecule has 0 fully saturated rings. The zero-order valence-electron chi connectivity index (χ0n) is 16.8. The van der Waals surface area contributed by atoms with Crippen molar-refractivity contribution in [3.8, 4) is 0 Å². The van der Waals surface area contributed by atoms with Crippen LogP contribution in [0.2, 0.25) is 5.02 Å². The lowest BCUT2D eigenvalue weighted by atomic mass is 10.2. The Morgan fingerprint density at radius 1 is 1.03 bits per heavy atom. The van der Waals surface area contributed by atoms with Crippen LogP contribution >= 0.6 is 34.7 Å². The number of non-ortho nitro benzene ring substituents is 1. The molecule has 4 rings (SSSR count). The number of thioether (sulfide) groups is 1. The van der Waals surface area contributed by atoms with Crippen molar-refractivity contribution in [2.75, 3.05) is 16.4 Å². The minimum atomic E-state index is -0.517. The second kappa shape index (κ2) is 9.99. The zero-order valence-corrected chi connectivity index (χ0v) is 19.2. The lowest BCUT2D eigenvalue weighted by Gasteiger charge is -2.06. The van der Waals surface area contributed by atoms with Crippen molar-refractivity contribution < 1.29 is 14.5 Å². The van der Waals surface area contributed by atoms with Gasteiger partial charge in [0, 0.05) is 23.5 Å². The number of amides is 2. The summed E-state index contributed by atoms with van der Waals surface area (Å²) < 4.78 is 1.54. The maximum absolute atomic E-state index is 12.5. The molecular weight excluding hydrogens is 484 g/mol. The number of carbonyl (C=O) groups excluding carboxylic acids is 2. The Morgan fingerprint density at radius 3 is 2.61 bits per heavy atom. The van der Waals surface area contributed by atoms with E-state index in [1.54, 1.807) is 42.5 Å². The number of fused-ring (bicyclic) bond motifs is 1. The highest BCUT2D eigenvalue weighted by molar-refractivity contribution is 8.01. The third kappa shape index (κ3) is 5.67. The lowest BCUT2D eigenvalue weighted by Crippen LogP contribution is -2.13. The van der Waals surface area contributed by atoms with Crippen molar-refractivity contribution >= 4 is 73.8 Å². The molecule has 0 bridgehead atoms. The van der Waals surface area contributed by atoms with Gasteiger partial charge < -0.3 is 10.6 Å². The summed E-state index contributed by atoms with van der Waals surface area (Å²) in [5.41, 5.74) is 2.00. The summed E-state index contributed by atoms with van der Waals surface area (Å²) in [6.07, 6.45) is 0. The van der Waals surface area contributed by atoms with Crippen molar-refractivity contribution in [3.63, 3.8) is 0 Å². The van der Waals surface area contributed by atoms with Gasteiger partial charge in [0.15, 0.2) is 4.34 Å². The first-order chi connectivity index (χ1) is 15.9. The number of aromatic nitrogens is 1. The number of carbonyl (C=O) groups is 2. The zero-order chi connectivity index (χ0) is 23.4. The molecule has 0 aliphatic heterocycles. The Bertz CT molecular complexity index is 1380. The van der Waals surface area contributed by atoms with Crippen molar-refractivity contribution in [2.45, 2.75) is 4.34 Å². The molecule has 3 aromatic carbocycles. The van der Waals surface area contributed by atoms with Crippen molar-refractivity contribution in [2.24, 2.45) is 0 Å². The van der Waals surface area contributed by atoms with E-state index in [9.17, 15) is 19.7 Å². The molecule has 0 radical (unpaired) electrons. The molecule has 2 N–H and O–H groups in total. The van der Waals surface area contributed by atoms with Gasteiger partial charge in [0.25, 0.3) is 11.6 Å². The van der Waals surface area contributed by atoms with Crippen LogP contribution in [-0.4, -0.2) is 27.5 Å². The molecule has 166 valence electrons. The van der Waals surface area contributed by atoms with Crippen molar-refractivity contribution in [1.29, 1.82) is 0 Å². The monoisotopic (exact) mass is 498 g/mol. The predicted octanol–water partition coefficient (Wildman–Crippen LogP) is 5.84. The number of thiazole rings is 1. The average molecular weight is 499 g/mol. The van der Waals surface area contributed by atoms with Gasteiger partial charge in [0.2, 0.25) is 5.91 Å². The third-order valence-corrected chi connectivity index (χ3v) is 6.90. The summed E-state index contributed by atoms with van der Waals surface area (Å²) in [4.78, 5) is 39.5. The SMILES string of the molecule is O=C(CSc1nc2ccc(NC(=O)c3ccccc3Cl)cc2s1)Nc1cccc([N+](=O)[O-])c1. The molecule has 11 heteroatoms. The first-order valence-electron chi connectivity index (χ1n) is 9.52. The predicted molar refractivity (Wildman–Crippen MR) is 131 cm³/mol. The topological polar surface area (TPSA) is 114 Å². The highest BCUT2D eigenvalue weighted by Crippen LogP contribution is 2.31. The summed E-state index contributed by atoms with van der Waals surface area (Å²) in [7, 11) is 0. The van der Waals surface area contributed by atoms with E-state index in [4.69, 9.17) is 11.6 Å². The fourth-order valence-electron chi connectivity index (χ4n) is 2.91. The van der Waals surface area contributed by atoms with Crippen LogP contribution in [0.15, 0.2) is 71.1 Å². The number of benzene rings is 3. The highest BCUT2D eigenvalue weighted by Gasteiger charge is 2.13. The van der Waals surface area contributed by atoms with E-state index < -0.39 is 4.92 Å². The summed E-state index contributed by atoms with van der Waals surface area (Å²) in [6.45, 7) is 0. The quantitative estimate of drug-likeness (QED) is 0.188. The molecule has 0 atom stereocenters. The number of hydrogen-bond acceptors (Lipinski definition) is 7. The van der Waals surface area contributed by atoms with Crippen LogP contribution in [0, 0.1) is 10.1 Å². The normalized spacial score (nSPS) is 10.7. The van der Waals surface area contributed by atoms with Crippen LogP contribution in [0.25, 0.3) is 10.2 Å². The summed E-state index contributed by atoms with van der Waals surface area (Å²) in [6, 6.07) is 17.9. The van der Waals surface area contributed by atoms with E-state index in [0.717, 1.165) is 10.2 Å². The number of halogens is 1. The molecule has 0 saturated heterocycles. The molecular formula is C22H15ClN4O4S2. The van der Waals surface area contributed by atoms with Crippen LogP contribution in [0.5, 0.6) is 0 Å². The van der Waals surface area contributed by atoms with E-state index in [-0.39, 0.29) is 23.3 Å². The minimum absolute atomic E-state index is 0.0935. The molecule has 0 aliphatic carbocycles. The number of hydrogen-bond donors (Lipinski definition) is 2. The van der Waals surface area contributed by atoms with Crippen LogP contribution in [0.4, 0.5) is 17.1 Å². The number of nitrogens with zero attached hydrogens (tertiary/aromatic N) is 2. The molecule has 0 saturated carbocycles. The van der Waals surface area contributed by atoms with E-state index in [0.29, 0.717) is 26.3 Å². The third-order valence-electron chi connectivity index (χ3n) is 4.41. The van der Waals surface area contributed by atoms with E-state index in [1.165, 1.54) is 41.3 Å². The molecule has 4 aromatic rings. The minimum Gasteiger partial charge on any atom is -0.325 e. The van der Waals surface area contributed by atoms with Crippen LogP contribution in [0.1, 0.15) is 10.4 Å². The molecule has 1 heterocycles. The second-order valence-corrected chi connectivity index (χ2v) is 9.40. The molecule has 0 unspecified atom stereocenters. The Labute approximate surface area is 201 Å². The Kier molecular flexibility index (Phi) is 6.87. The van der Waals surface area contributed by atoms with E-state index >= 15 is 0 Å².